The van der Waals surface area contributed by atoms with Gasteiger partial charge in [-0.3, -0.25) is 4.79 Å². The molecule has 1 aromatic carbocycles. The van der Waals surface area contributed by atoms with Crippen LogP contribution in [0.3, 0.4) is 0 Å². The molecule has 104 valence electrons. The van der Waals surface area contributed by atoms with Gasteiger partial charge in [0.25, 0.3) is 5.91 Å². The van der Waals surface area contributed by atoms with Crippen LogP contribution in [-0.2, 0) is 0 Å². The van der Waals surface area contributed by atoms with E-state index in [0.717, 1.165) is 25.0 Å². The molecule has 1 amide bonds. The normalized spacial score (nSPS) is 18.4. The SMILES string of the molecule is CNC1(C)CCN(C(=O)c2ccc(F)c(F)c2)CC1. The van der Waals surface area contributed by atoms with Gasteiger partial charge in [0.1, 0.15) is 0 Å². The summed E-state index contributed by atoms with van der Waals surface area (Å²) >= 11 is 0. The van der Waals surface area contributed by atoms with E-state index in [1.165, 1.54) is 6.07 Å². The lowest BCUT2D eigenvalue weighted by atomic mass is 9.89. The maximum atomic E-state index is 13.1. The van der Waals surface area contributed by atoms with E-state index < -0.39 is 11.6 Å². The molecule has 0 aliphatic carbocycles. The van der Waals surface area contributed by atoms with Gasteiger partial charge in [0.15, 0.2) is 11.6 Å². The zero-order chi connectivity index (χ0) is 14.0. The minimum atomic E-state index is -0.983. The zero-order valence-electron chi connectivity index (χ0n) is 11.2. The monoisotopic (exact) mass is 268 g/mol. The van der Waals surface area contributed by atoms with E-state index in [4.69, 9.17) is 0 Å². The molecule has 0 saturated carbocycles. The highest BCUT2D eigenvalue weighted by molar-refractivity contribution is 5.94. The second kappa shape index (κ2) is 5.25. The second-order valence-corrected chi connectivity index (χ2v) is 5.23. The van der Waals surface area contributed by atoms with Crippen molar-refractivity contribution in [2.24, 2.45) is 0 Å². The smallest absolute Gasteiger partial charge is 0.253 e. The van der Waals surface area contributed by atoms with Gasteiger partial charge in [-0.25, -0.2) is 8.78 Å². The molecule has 1 aromatic rings. The number of carbonyl (C=O) groups excluding carboxylic acids is 1. The van der Waals surface area contributed by atoms with Gasteiger partial charge in [-0.05, 0) is 45.0 Å². The van der Waals surface area contributed by atoms with E-state index in [-0.39, 0.29) is 17.0 Å². The highest BCUT2D eigenvalue weighted by atomic mass is 19.2. The average Bonchev–Trinajstić information content (AvgIpc) is 2.42. The fraction of sp³-hybridized carbons (Fsp3) is 0.500. The molecule has 0 bridgehead atoms. The number of likely N-dealkylation sites (tertiary alicyclic amines) is 1. The third-order valence-corrected chi connectivity index (χ3v) is 3.92. The van der Waals surface area contributed by atoms with Crippen LogP contribution in [0.25, 0.3) is 0 Å². The zero-order valence-corrected chi connectivity index (χ0v) is 11.2. The lowest BCUT2D eigenvalue weighted by Crippen LogP contribution is -2.51. The Hall–Kier alpha value is -1.49. The number of nitrogens with zero attached hydrogens (tertiary/aromatic N) is 1. The van der Waals surface area contributed by atoms with Gasteiger partial charge in [0, 0.05) is 24.2 Å². The summed E-state index contributed by atoms with van der Waals surface area (Å²) in [6.07, 6.45) is 1.69. The number of hydrogen-bond acceptors (Lipinski definition) is 2. The number of amides is 1. The first-order valence-electron chi connectivity index (χ1n) is 6.38. The molecule has 5 heteroatoms. The fourth-order valence-electron chi connectivity index (χ4n) is 2.27. The van der Waals surface area contributed by atoms with Crippen LogP contribution in [0.4, 0.5) is 8.78 Å². The first-order chi connectivity index (χ1) is 8.95. The second-order valence-electron chi connectivity index (χ2n) is 5.23. The standard InChI is InChI=1S/C14H18F2N2O/c1-14(17-2)5-7-18(8-6-14)13(19)10-3-4-11(15)12(16)9-10/h3-4,9,17H,5-8H2,1-2H3. The third-order valence-electron chi connectivity index (χ3n) is 3.92. The van der Waals surface area contributed by atoms with Crippen LogP contribution in [0.5, 0.6) is 0 Å². The Morgan fingerprint density at radius 1 is 1.26 bits per heavy atom. The Kier molecular flexibility index (Phi) is 3.85. The molecule has 0 aromatic heterocycles. The largest absolute Gasteiger partial charge is 0.339 e. The Bertz CT molecular complexity index is 482. The van der Waals surface area contributed by atoms with Crippen LogP contribution in [0.1, 0.15) is 30.1 Å². The number of rotatable bonds is 2. The number of carbonyl (C=O) groups is 1. The fourth-order valence-corrected chi connectivity index (χ4v) is 2.27. The highest BCUT2D eigenvalue weighted by Gasteiger charge is 2.30. The van der Waals surface area contributed by atoms with E-state index in [9.17, 15) is 13.6 Å². The molecule has 1 N–H and O–H groups in total. The lowest BCUT2D eigenvalue weighted by molar-refractivity contribution is 0.0661. The molecule has 0 atom stereocenters. The molecule has 2 rings (SSSR count). The van der Waals surface area contributed by atoms with Crippen molar-refractivity contribution in [3.05, 3.63) is 35.4 Å². The molecule has 0 radical (unpaired) electrons. The van der Waals surface area contributed by atoms with Gasteiger partial charge in [0.2, 0.25) is 0 Å². The minimum Gasteiger partial charge on any atom is -0.339 e. The number of piperidine rings is 1. The molecule has 1 fully saturated rings. The topological polar surface area (TPSA) is 32.3 Å². The Labute approximate surface area is 111 Å². The van der Waals surface area contributed by atoms with Crippen molar-refractivity contribution in [2.45, 2.75) is 25.3 Å². The van der Waals surface area contributed by atoms with Crippen molar-refractivity contribution in [3.8, 4) is 0 Å². The highest BCUT2D eigenvalue weighted by Crippen LogP contribution is 2.22. The van der Waals surface area contributed by atoms with Crippen LogP contribution in [0.2, 0.25) is 0 Å². The Morgan fingerprint density at radius 3 is 2.42 bits per heavy atom. The molecular formula is C14H18F2N2O. The summed E-state index contributed by atoms with van der Waals surface area (Å²) in [6.45, 7) is 3.36. The third kappa shape index (κ3) is 2.92. The van der Waals surface area contributed by atoms with Crippen LogP contribution >= 0.6 is 0 Å². The van der Waals surface area contributed by atoms with Crippen molar-refractivity contribution in [1.29, 1.82) is 0 Å². The number of benzene rings is 1. The summed E-state index contributed by atoms with van der Waals surface area (Å²) in [5.41, 5.74) is 0.247. The van der Waals surface area contributed by atoms with E-state index in [2.05, 4.69) is 12.2 Å². The summed E-state index contributed by atoms with van der Waals surface area (Å²) in [5, 5.41) is 3.25. The quantitative estimate of drug-likeness (QED) is 0.891. The molecule has 3 nitrogen and oxygen atoms in total. The molecule has 19 heavy (non-hydrogen) atoms. The summed E-state index contributed by atoms with van der Waals surface area (Å²) in [5.74, 6) is -2.15. The Morgan fingerprint density at radius 2 is 1.89 bits per heavy atom. The maximum Gasteiger partial charge on any atom is 0.253 e. The summed E-state index contributed by atoms with van der Waals surface area (Å²) < 4.78 is 26.0. The van der Waals surface area contributed by atoms with Gasteiger partial charge in [-0.1, -0.05) is 0 Å². The average molecular weight is 268 g/mol. The first kappa shape index (κ1) is 13.9. The molecule has 1 saturated heterocycles. The molecule has 1 aliphatic rings. The van der Waals surface area contributed by atoms with Gasteiger partial charge in [0.05, 0.1) is 0 Å². The predicted octanol–water partition coefficient (Wildman–Crippen LogP) is 2.18. The van der Waals surface area contributed by atoms with E-state index in [1.54, 1.807) is 4.90 Å². The van der Waals surface area contributed by atoms with E-state index in [1.807, 2.05) is 7.05 Å². The van der Waals surface area contributed by atoms with E-state index >= 15 is 0 Å². The lowest BCUT2D eigenvalue weighted by Gasteiger charge is -2.39. The van der Waals surface area contributed by atoms with Crippen LogP contribution in [-0.4, -0.2) is 36.5 Å². The predicted molar refractivity (Wildman–Crippen MR) is 69.0 cm³/mol. The minimum absolute atomic E-state index is 0.0465. The number of hydrogen-bond donors (Lipinski definition) is 1. The van der Waals surface area contributed by atoms with Crippen molar-refractivity contribution in [1.82, 2.24) is 10.2 Å². The number of halogens is 2. The molecule has 0 unspecified atom stereocenters. The van der Waals surface area contributed by atoms with Crippen LogP contribution in [0, 0.1) is 11.6 Å². The van der Waals surface area contributed by atoms with Crippen molar-refractivity contribution < 1.29 is 13.6 Å². The molecular weight excluding hydrogens is 250 g/mol. The molecule has 0 spiro atoms. The Balaban J connectivity index is 2.07. The summed E-state index contributed by atoms with van der Waals surface area (Å²) in [4.78, 5) is 13.9. The van der Waals surface area contributed by atoms with Gasteiger partial charge < -0.3 is 10.2 Å². The summed E-state index contributed by atoms with van der Waals surface area (Å²) in [7, 11) is 1.91. The molecule has 1 aliphatic heterocycles. The summed E-state index contributed by atoms with van der Waals surface area (Å²) in [6, 6.07) is 3.28. The van der Waals surface area contributed by atoms with Crippen molar-refractivity contribution in [3.63, 3.8) is 0 Å². The van der Waals surface area contributed by atoms with Crippen LogP contribution < -0.4 is 5.32 Å². The molecule has 1 heterocycles. The van der Waals surface area contributed by atoms with Gasteiger partial charge >= 0.3 is 0 Å². The van der Waals surface area contributed by atoms with E-state index in [0.29, 0.717) is 13.1 Å². The van der Waals surface area contributed by atoms with Crippen molar-refractivity contribution >= 4 is 5.91 Å². The van der Waals surface area contributed by atoms with Crippen molar-refractivity contribution in [2.75, 3.05) is 20.1 Å². The maximum absolute atomic E-state index is 13.1. The van der Waals surface area contributed by atoms with Gasteiger partial charge in [-0.15, -0.1) is 0 Å². The number of nitrogens with one attached hydrogen (secondary N) is 1. The van der Waals surface area contributed by atoms with Crippen LogP contribution in [0.15, 0.2) is 18.2 Å². The first-order valence-corrected chi connectivity index (χ1v) is 6.38. The van der Waals surface area contributed by atoms with Gasteiger partial charge in [-0.2, -0.15) is 0 Å².